The molecule has 7 nitrogen and oxygen atoms in total. The van der Waals surface area contributed by atoms with Gasteiger partial charge in [-0.15, -0.1) is 0 Å². The van der Waals surface area contributed by atoms with Crippen LogP contribution in [0, 0.1) is 6.92 Å². The third-order valence-corrected chi connectivity index (χ3v) is 5.77. The number of ketones is 1. The minimum absolute atomic E-state index is 0.196. The molecule has 178 valence electrons. The Morgan fingerprint density at radius 3 is 2.47 bits per heavy atom. The number of aromatic nitrogens is 3. The third kappa shape index (κ3) is 5.15. The van der Waals surface area contributed by atoms with Gasteiger partial charge in [-0.2, -0.15) is 0 Å². The van der Waals surface area contributed by atoms with E-state index in [1.807, 2.05) is 31.2 Å². The second-order valence-corrected chi connectivity index (χ2v) is 8.41. The van der Waals surface area contributed by atoms with Crippen LogP contribution in [-0.2, 0) is 6.42 Å². The summed E-state index contributed by atoms with van der Waals surface area (Å²) in [6.07, 6.45) is 2.29. The first-order chi connectivity index (χ1) is 17.6. The molecule has 0 spiro atoms. The zero-order valence-corrected chi connectivity index (χ0v) is 19.7. The van der Waals surface area contributed by atoms with Crippen LogP contribution in [-0.4, -0.2) is 33.2 Å². The van der Waals surface area contributed by atoms with Crippen LogP contribution in [0.2, 0.25) is 0 Å². The van der Waals surface area contributed by atoms with Crippen molar-refractivity contribution >= 4 is 22.7 Å². The fraction of sp³-hybridized carbons (Fsp3) is 0.103. The molecule has 0 atom stereocenters. The molecule has 5 aromatic rings. The summed E-state index contributed by atoms with van der Waals surface area (Å²) in [5, 5.41) is 2.93. The lowest BCUT2D eigenvalue weighted by Gasteiger charge is -2.11. The Morgan fingerprint density at radius 1 is 0.917 bits per heavy atom. The number of hydrogen-bond donors (Lipinski definition) is 2. The maximum atomic E-state index is 12.8. The number of aromatic amines is 1. The molecule has 0 aliphatic carbocycles. The predicted octanol–water partition coefficient (Wildman–Crippen LogP) is 5.26. The van der Waals surface area contributed by atoms with Gasteiger partial charge in [0.15, 0.2) is 5.82 Å². The van der Waals surface area contributed by atoms with Crippen LogP contribution >= 0.6 is 0 Å². The number of benzene rings is 3. The highest BCUT2D eigenvalue weighted by Crippen LogP contribution is 2.24. The van der Waals surface area contributed by atoms with Crippen molar-refractivity contribution in [2.45, 2.75) is 13.3 Å². The summed E-state index contributed by atoms with van der Waals surface area (Å²) >= 11 is 0. The Labute approximate surface area is 208 Å². The van der Waals surface area contributed by atoms with Crippen molar-refractivity contribution in [3.63, 3.8) is 0 Å². The van der Waals surface area contributed by atoms with E-state index in [0.717, 1.165) is 23.0 Å². The molecule has 0 unspecified atom stereocenters. The van der Waals surface area contributed by atoms with Crippen molar-refractivity contribution in [1.29, 1.82) is 0 Å². The van der Waals surface area contributed by atoms with E-state index in [9.17, 15) is 9.59 Å². The van der Waals surface area contributed by atoms with Gasteiger partial charge in [0.1, 0.15) is 11.3 Å². The second-order valence-electron chi connectivity index (χ2n) is 8.41. The van der Waals surface area contributed by atoms with Gasteiger partial charge >= 0.3 is 0 Å². The van der Waals surface area contributed by atoms with Gasteiger partial charge in [-0.05, 0) is 67.4 Å². The van der Waals surface area contributed by atoms with Crippen LogP contribution in [0.3, 0.4) is 0 Å². The Kier molecular flexibility index (Phi) is 6.53. The molecule has 0 aliphatic rings. The van der Waals surface area contributed by atoms with Crippen molar-refractivity contribution in [2.24, 2.45) is 0 Å². The Hall–Kier alpha value is -4.78. The zero-order valence-electron chi connectivity index (χ0n) is 19.7. The van der Waals surface area contributed by atoms with Gasteiger partial charge < -0.3 is 15.0 Å². The Bertz CT molecular complexity index is 1490. The highest BCUT2D eigenvalue weighted by Gasteiger charge is 2.16. The SMILES string of the molecule is Cc1ccc(CCNC(=O)c2cccnc2Oc2ccc(C(=O)c3nc4ccccc4[nH]3)cc2)cc1. The lowest BCUT2D eigenvalue weighted by molar-refractivity contribution is 0.0950. The quantitative estimate of drug-likeness (QED) is 0.298. The number of carbonyl (C=O) groups excluding carboxylic acids is 2. The maximum absolute atomic E-state index is 12.8. The average Bonchev–Trinajstić information content (AvgIpc) is 3.35. The molecule has 2 heterocycles. The number of ether oxygens (including phenoxy) is 1. The first-order valence-electron chi connectivity index (χ1n) is 11.6. The molecular weight excluding hydrogens is 452 g/mol. The molecule has 3 aromatic carbocycles. The number of amides is 1. The number of pyridine rings is 1. The van der Waals surface area contributed by atoms with E-state index in [1.54, 1.807) is 42.6 Å². The van der Waals surface area contributed by atoms with E-state index in [-0.39, 0.29) is 23.4 Å². The number of hydrogen-bond acceptors (Lipinski definition) is 5. The molecule has 36 heavy (non-hydrogen) atoms. The highest BCUT2D eigenvalue weighted by atomic mass is 16.5. The predicted molar refractivity (Wildman–Crippen MR) is 137 cm³/mol. The molecule has 1 amide bonds. The van der Waals surface area contributed by atoms with Crippen molar-refractivity contribution in [2.75, 3.05) is 6.54 Å². The summed E-state index contributed by atoms with van der Waals surface area (Å²) in [5.41, 5.74) is 4.70. The van der Waals surface area contributed by atoms with Crippen LogP contribution in [0.1, 0.15) is 37.7 Å². The number of aryl methyl sites for hydroxylation is 1. The standard InChI is InChI=1S/C29H24N4O3/c1-19-8-10-20(11-9-19)16-18-30-28(35)23-5-4-17-31-29(23)36-22-14-12-21(13-15-22)26(34)27-32-24-6-2-3-7-25(24)33-27/h2-15,17H,16,18H2,1H3,(H,30,35)(H,32,33). The molecule has 2 aromatic heterocycles. The number of nitrogens with one attached hydrogen (secondary N) is 2. The van der Waals surface area contributed by atoms with Gasteiger partial charge in [-0.3, -0.25) is 9.59 Å². The van der Waals surface area contributed by atoms with Crippen LogP contribution in [0.5, 0.6) is 11.6 Å². The van der Waals surface area contributed by atoms with Gasteiger partial charge in [0.2, 0.25) is 11.7 Å². The summed E-state index contributed by atoms with van der Waals surface area (Å²) in [6.45, 7) is 2.54. The molecule has 0 fully saturated rings. The summed E-state index contributed by atoms with van der Waals surface area (Å²) in [6, 6.07) is 25.7. The van der Waals surface area contributed by atoms with Crippen molar-refractivity contribution in [3.8, 4) is 11.6 Å². The van der Waals surface area contributed by atoms with Crippen molar-refractivity contribution < 1.29 is 14.3 Å². The first-order valence-corrected chi connectivity index (χ1v) is 11.6. The fourth-order valence-electron chi connectivity index (χ4n) is 3.80. The number of carbonyl (C=O) groups is 2. The smallest absolute Gasteiger partial charge is 0.256 e. The molecule has 5 rings (SSSR count). The van der Waals surface area contributed by atoms with Gasteiger partial charge in [-0.25, -0.2) is 9.97 Å². The largest absolute Gasteiger partial charge is 0.438 e. The van der Waals surface area contributed by atoms with Crippen molar-refractivity contribution in [3.05, 3.63) is 119 Å². The molecule has 2 N–H and O–H groups in total. The minimum Gasteiger partial charge on any atom is -0.438 e. The molecule has 7 heteroatoms. The number of rotatable bonds is 8. The minimum atomic E-state index is -0.262. The lowest BCUT2D eigenvalue weighted by atomic mass is 10.1. The van der Waals surface area contributed by atoms with Crippen LogP contribution < -0.4 is 10.1 Å². The Morgan fingerprint density at radius 2 is 1.69 bits per heavy atom. The molecule has 0 saturated carbocycles. The van der Waals surface area contributed by atoms with Gasteiger partial charge in [0.05, 0.1) is 11.0 Å². The first kappa shape index (κ1) is 23.0. The molecular formula is C29H24N4O3. The van der Waals surface area contributed by atoms with Crippen molar-refractivity contribution in [1.82, 2.24) is 20.3 Å². The van der Waals surface area contributed by atoms with E-state index in [4.69, 9.17) is 4.74 Å². The number of imidazole rings is 1. The van der Waals surface area contributed by atoms with E-state index in [2.05, 4.69) is 44.5 Å². The maximum Gasteiger partial charge on any atom is 0.256 e. The number of fused-ring (bicyclic) bond motifs is 1. The second kappa shape index (κ2) is 10.2. The van der Waals surface area contributed by atoms with Gasteiger partial charge in [0, 0.05) is 18.3 Å². The fourth-order valence-corrected chi connectivity index (χ4v) is 3.80. The summed E-state index contributed by atoms with van der Waals surface area (Å²) in [7, 11) is 0. The average molecular weight is 477 g/mol. The van der Waals surface area contributed by atoms with Gasteiger partial charge in [-0.1, -0.05) is 42.0 Å². The zero-order chi connectivity index (χ0) is 24.9. The van der Waals surface area contributed by atoms with Gasteiger partial charge in [0.25, 0.3) is 5.91 Å². The van der Waals surface area contributed by atoms with Crippen LogP contribution in [0.15, 0.2) is 91.1 Å². The third-order valence-electron chi connectivity index (χ3n) is 5.77. The molecule has 0 aliphatic heterocycles. The summed E-state index contributed by atoms with van der Waals surface area (Å²) in [4.78, 5) is 37.3. The number of H-pyrrole nitrogens is 1. The normalized spacial score (nSPS) is 10.8. The molecule has 0 bridgehead atoms. The van der Waals surface area contributed by atoms with E-state index in [1.165, 1.54) is 5.56 Å². The highest BCUT2D eigenvalue weighted by molar-refractivity contribution is 6.08. The number of para-hydroxylation sites is 2. The van der Waals surface area contributed by atoms with Crippen LogP contribution in [0.4, 0.5) is 0 Å². The van der Waals surface area contributed by atoms with E-state index < -0.39 is 0 Å². The van der Waals surface area contributed by atoms with E-state index >= 15 is 0 Å². The molecule has 0 saturated heterocycles. The molecule has 0 radical (unpaired) electrons. The topological polar surface area (TPSA) is 97.0 Å². The Balaban J connectivity index is 1.24. The lowest BCUT2D eigenvalue weighted by Crippen LogP contribution is -2.26. The number of nitrogens with zero attached hydrogens (tertiary/aromatic N) is 2. The summed E-state index contributed by atoms with van der Waals surface area (Å²) < 4.78 is 5.89. The van der Waals surface area contributed by atoms with E-state index in [0.29, 0.717) is 23.4 Å². The monoisotopic (exact) mass is 476 g/mol. The van der Waals surface area contributed by atoms with Crippen LogP contribution in [0.25, 0.3) is 11.0 Å². The summed E-state index contributed by atoms with van der Waals surface area (Å²) in [5.74, 6) is 0.454.